The van der Waals surface area contributed by atoms with Gasteiger partial charge < -0.3 is 19.7 Å². The zero-order valence-corrected chi connectivity index (χ0v) is 13.6. The maximum Gasteiger partial charge on any atom is 0.120 e. The Hall–Kier alpha value is -2.56. The second kappa shape index (κ2) is 8.91. The molecule has 0 heterocycles. The van der Waals surface area contributed by atoms with E-state index in [4.69, 9.17) is 9.47 Å². The Balaban J connectivity index is 2.44. The fourth-order valence-electron chi connectivity index (χ4n) is 2.31. The molecule has 0 unspecified atom stereocenters. The predicted octanol–water partition coefficient (Wildman–Crippen LogP) is 3.47. The zero-order valence-electron chi connectivity index (χ0n) is 13.6. The number of hydrogen-bond acceptors (Lipinski definition) is 4. The molecule has 0 aliphatic heterocycles. The highest BCUT2D eigenvalue weighted by Gasteiger charge is 2.08. The van der Waals surface area contributed by atoms with Gasteiger partial charge in [0.1, 0.15) is 24.7 Å². The van der Waals surface area contributed by atoms with Crippen LogP contribution < -0.4 is 9.47 Å². The lowest BCUT2D eigenvalue weighted by molar-refractivity contribution is 0.280. The summed E-state index contributed by atoms with van der Waals surface area (Å²) in [6.45, 7) is 7.87. The molecule has 24 heavy (non-hydrogen) atoms. The summed E-state index contributed by atoms with van der Waals surface area (Å²) in [6, 6.07) is 11.1. The summed E-state index contributed by atoms with van der Waals surface area (Å²) in [4.78, 5) is 0. The van der Waals surface area contributed by atoms with Gasteiger partial charge in [0.2, 0.25) is 0 Å². The van der Waals surface area contributed by atoms with E-state index in [0.717, 1.165) is 22.3 Å². The number of aliphatic hydroxyl groups is 2. The third-order valence-corrected chi connectivity index (χ3v) is 3.37. The minimum Gasteiger partial charge on any atom is -0.490 e. The predicted molar refractivity (Wildman–Crippen MR) is 95.1 cm³/mol. The Morgan fingerprint density at radius 1 is 0.708 bits per heavy atom. The largest absolute Gasteiger partial charge is 0.490 e. The van der Waals surface area contributed by atoms with Crippen molar-refractivity contribution in [1.29, 1.82) is 0 Å². The van der Waals surface area contributed by atoms with Crippen molar-refractivity contribution < 1.29 is 19.7 Å². The van der Waals surface area contributed by atoms with E-state index >= 15 is 0 Å². The maximum atomic E-state index is 9.48. The SMILES string of the molecule is C=CCOc1cc(CO)cc(-c2cc(CO)cc(OCC=C)c2)c1. The number of benzene rings is 2. The number of aliphatic hydroxyl groups excluding tert-OH is 2. The van der Waals surface area contributed by atoms with Crippen molar-refractivity contribution in [2.45, 2.75) is 13.2 Å². The van der Waals surface area contributed by atoms with Gasteiger partial charge in [-0.15, -0.1) is 0 Å². The molecule has 0 spiro atoms. The second-order valence-electron chi connectivity index (χ2n) is 5.25. The molecule has 0 saturated heterocycles. The lowest BCUT2D eigenvalue weighted by Gasteiger charge is -2.12. The van der Waals surface area contributed by atoms with E-state index in [-0.39, 0.29) is 13.2 Å². The molecule has 0 aromatic heterocycles. The fraction of sp³-hybridized carbons (Fsp3) is 0.200. The van der Waals surface area contributed by atoms with Crippen LogP contribution in [0.25, 0.3) is 11.1 Å². The number of rotatable bonds is 9. The van der Waals surface area contributed by atoms with E-state index in [1.54, 1.807) is 24.3 Å². The molecule has 0 atom stereocenters. The highest BCUT2D eigenvalue weighted by molar-refractivity contribution is 5.68. The Kier molecular flexibility index (Phi) is 6.61. The Morgan fingerprint density at radius 3 is 1.46 bits per heavy atom. The van der Waals surface area contributed by atoms with Crippen molar-refractivity contribution >= 4 is 0 Å². The van der Waals surface area contributed by atoms with Gasteiger partial charge in [0, 0.05) is 0 Å². The molecule has 2 rings (SSSR count). The van der Waals surface area contributed by atoms with Crippen LogP contribution in [0.4, 0.5) is 0 Å². The van der Waals surface area contributed by atoms with Crippen LogP contribution in [0.1, 0.15) is 11.1 Å². The van der Waals surface area contributed by atoms with E-state index in [9.17, 15) is 10.2 Å². The van der Waals surface area contributed by atoms with E-state index in [1.807, 2.05) is 24.3 Å². The van der Waals surface area contributed by atoms with Crippen LogP contribution in [0, 0.1) is 0 Å². The topological polar surface area (TPSA) is 58.9 Å². The maximum absolute atomic E-state index is 9.48. The molecule has 0 saturated carbocycles. The van der Waals surface area contributed by atoms with E-state index in [2.05, 4.69) is 13.2 Å². The monoisotopic (exact) mass is 326 g/mol. The van der Waals surface area contributed by atoms with Crippen molar-refractivity contribution in [3.63, 3.8) is 0 Å². The summed E-state index contributed by atoms with van der Waals surface area (Å²) >= 11 is 0. The molecule has 0 aliphatic carbocycles. The normalized spacial score (nSPS) is 10.2. The first-order valence-electron chi connectivity index (χ1n) is 7.67. The molecule has 0 fully saturated rings. The molecular formula is C20H22O4. The van der Waals surface area contributed by atoms with Crippen LogP contribution in [0.15, 0.2) is 61.7 Å². The number of ether oxygens (including phenoxy) is 2. The third-order valence-electron chi connectivity index (χ3n) is 3.37. The van der Waals surface area contributed by atoms with Gasteiger partial charge in [0.25, 0.3) is 0 Å². The van der Waals surface area contributed by atoms with E-state index in [0.29, 0.717) is 24.7 Å². The van der Waals surface area contributed by atoms with Gasteiger partial charge in [-0.05, 0) is 58.7 Å². The van der Waals surface area contributed by atoms with Gasteiger partial charge in [0.15, 0.2) is 0 Å². The summed E-state index contributed by atoms with van der Waals surface area (Å²) < 4.78 is 11.2. The average molecular weight is 326 g/mol. The van der Waals surface area contributed by atoms with Crippen LogP contribution in [0.5, 0.6) is 11.5 Å². The Bertz CT molecular complexity index is 645. The summed E-state index contributed by atoms with van der Waals surface area (Å²) in [5.74, 6) is 1.30. The molecule has 4 heteroatoms. The minimum absolute atomic E-state index is 0.0855. The Morgan fingerprint density at radius 2 is 1.12 bits per heavy atom. The van der Waals surface area contributed by atoms with Crippen molar-refractivity contribution in [2.75, 3.05) is 13.2 Å². The van der Waals surface area contributed by atoms with Crippen LogP contribution in [-0.4, -0.2) is 23.4 Å². The van der Waals surface area contributed by atoms with Gasteiger partial charge in [-0.3, -0.25) is 0 Å². The first-order valence-corrected chi connectivity index (χ1v) is 7.67. The van der Waals surface area contributed by atoms with Crippen LogP contribution in [0.3, 0.4) is 0 Å². The molecule has 2 aromatic carbocycles. The van der Waals surface area contributed by atoms with Crippen LogP contribution >= 0.6 is 0 Å². The lowest BCUT2D eigenvalue weighted by atomic mass is 10.0. The quantitative estimate of drug-likeness (QED) is 0.693. The smallest absolute Gasteiger partial charge is 0.120 e. The zero-order chi connectivity index (χ0) is 17.4. The Labute approximate surface area is 142 Å². The van der Waals surface area contributed by atoms with Crippen molar-refractivity contribution in [2.24, 2.45) is 0 Å². The summed E-state index contributed by atoms with van der Waals surface area (Å²) in [5.41, 5.74) is 3.24. The van der Waals surface area contributed by atoms with Gasteiger partial charge >= 0.3 is 0 Å². The molecular weight excluding hydrogens is 304 g/mol. The highest BCUT2D eigenvalue weighted by Crippen LogP contribution is 2.30. The van der Waals surface area contributed by atoms with Gasteiger partial charge in [0.05, 0.1) is 13.2 Å². The molecule has 0 bridgehead atoms. The molecule has 4 nitrogen and oxygen atoms in total. The van der Waals surface area contributed by atoms with Gasteiger partial charge in [-0.25, -0.2) is 0 Å². The average Bonchev–Trinajstić information content (AvgIpc) is 2.63. The van der Waals surface area contributed by atoms with E-state index in [1.165, 1.54) is 0 Å². The van der Waals surface area contributed by atoms with Crippen molar-refractivity contribution in [3.8, 4) is 22.6 Å². The molecule has 2 N–H and O–H groups in total. The molecule has 126 valence electrons. The third kappa shape index (κ3) is 4.72. The van der Waals surface area contributed by atoms with Gasteiger partial charge in [-0.1, -0.05) is 25.3 Å². The standard InChI is InChI=1S/C20H22O4/c1-3-5-23-19-9-15(13-21)7-17(11-19)18-8-16(14-22)10-20(12-18)24-6-4-2/h3-4,7-12,21-22H,1-2,5-6,13-14H2. The fourth-order valence-corrected chi connectivity index (χ4v) is 2.31. The molecule has 0 aliphatic rings. The summed E-state index contributed by atoms with van der Waals surface area (Å²) in [5, 5.41) is 19.0. The summed E-state index contributed by atoms with van der Waals surface area (Å²) in [7, 11) is 0. The van der Waals surface area contributed by atoms with Crippen LogP contribution in [-0.2, 0) is 13.2 Å². The number of hydrogen-bond donors (Lipinski definition) is 2. The van der Waals surface area contributed by atoms with Crippen molar-refractivity contribution in [1.82, 2.24) is 0 Å². The molecule has 0 radical (unpaired) electrons. The van der Waals surface area contributed by atoms with E-state index < -0.39 is 0 Å². The summed E-state index contributed by atoms with van der Waals surface area (Å²) in [6.07, 6.45) is 3.33. The van der Waals surface area contributed by atoms with Gasteiger partial charge in [-0.2, -0.15) is 0 Å². The first-order chi connectivity index (χ1) is 11.7. The van der Waals surface area contributed by atoms with Crippen molar-refractivity contribution in [3.05, 3.63) is 72.8 Å². The highest BCUT2D eigenvalue weighted by atomic mass is 16.5. The molecule has 2 aromatic rings. The first kappa shape index (κ1) is 17.8. The van der Waals surface area contributed by atoms with Crippen LogP contribution in [0.2, 0.25) is 0 Å². The lowest BCUT2D eigenvalue weighted by Crippen LogP contribution is -1.97. The second-order valence-corrected chi connectivity index (χ2v) is 5.25. The minimum atomic E-state index is -0.0855. The molecule has 0 amide bonds.